The predicted octanol–water partition coefficient (Wildman–Crippen LogP) is 9.06. The van der Waals surface area contributed by atoms with Crippen molar-refractivity contribution in [1.82, 2.24) is 0 Å². The molecule has 0 aliphatic carbocycles. The first kappa shape index (κ1) is 38.8. The summed E-state index contributed by atoms with van der Waals surface area (Å²) in [6.45, 7) is 0.347. The third kappa shape index (κ3) is 8.10. The van der Waals surface area contributed by atoms with Crippen LogP contribution in [0.1, 0.15) is 33.4 Å². The maximum atomic E-state index is 7.19. The second-order valence-corrected chi connectivity index (χ2v) is 13.1. The van der Waals surface area contributed by atoms with Gasteiger partial charge >= 0.3 is 0 Å². The van der Waals surface area contributed by atoms with Gasteiger partial charge in [-0.05, 0) is 33.4 Å². The number of hydrogen-bond donors (Lipinski definition) is 0. The van der Waals surface area contributed by atoms with Crippen LogP contribution in [0.4, 0.5) is 0 Å². The highest BCUT2D eigenvalue weighted by molar-refractivity contribution is 5.49. The lowest BCUT2D eigenvalue weighted by Gasteiger charge is -2.41. The summed E-state index contributed by atoms with van der Waals surface area (Å²) in [5, 5.41) is 0. The predicted molar refractivity (Wildman–Crippen MR) is 214 cm³/mol. The molecule has 0 aromatic heterocycles. The Morgan fingerprint density at radius 3 is 0.685 bits per heavy atom. The fourth-order valence-electron chi connectivity index (χ4n) is 7.54. The molecule has 0 radical (unpaired) electrons. The zero-order valence-corrected chi connectivity index (χ0v) is 31.5. The SMILES string of the molecule is CO[C@H]([C@H](OC)[C@H](COC(c1ccccc1)(c1ccccc1)c1ccccc1)OC)[C@@H](COC(c1ccccc1)(c1ccccc1)c1ccccc1)OC. The van der Waals surface area contributed by atoms with Crippen LogP contribution in [0, 0.1) is 0 Å². The van der Waals surface area contributed by atoms with E-state index in [1.165, 1.54) is 0 Å². The van der Waals surface area contributed by atoms with Crippen LogP contribution in [0.15, 0.2) is 182 Å². The zero-order chi connectivity index (χ0) is 37.6. The smallest absolute Gasteiger partial charge is 0.143 e. The third-order valence-corrected chi connectivity index (χ3v) is 10.2. The first-order valence-electron chi connectivity index (χ1n) is 18.3. The highest BCUT2D eigenvalue weighted by Crippen LogP contribution is 2.42. The van der Waals surface area contributed by atoms with Gasteiger partial charge in [-0.2, -0.15) is 0 Å². The summed E-state index contributed by atoms with van der Waals surface area (Å²) in [6, 6.07) is 61.8. The molecule has 0 fully saturated rings. The van der Waals surface area contributed by atoms with Gasteiger partial charge in [-0.3, -0.25) is 0 Å². The maximum Gasteiger partial charge on any atom is 0.143 e. The molecule has 0 saturated heterocycles. The molecule has 6 nitrogen and oxygen atoms in total. The van der Waals surface area contributed by atoms with E-state index < -0.39 is 35.6 Å². The van der Waals surface area contributed by atoms with Gasteiger partial charge in [-0.15, -0.1) is 0 Å². The van der Waals surface area contributed by atoms with E-state index in [4.69, 9.17) is 28.4 Å². The second kappa shape index (κ2) is 18.9. The van der Waals surface area contributed by atoms with E-state index in [0.29, 0.717) is 0 Å². The molecule has 0 aliphatic heterocycles. The van der Waals surface area contributed by atoms with Gasteiger partial charge in [0.1, 0.15) is 35.6 Å². The van der Waals surface area contributed by atoms with Gasteiger partial charge < -0.3 is 28.4 Å². The lowest BCUT2D eigenvalue weighted by atomic mass is 9.80. The van der Waals surface area contributed by atoms with Crippen molar-refractivity contribution in [1.29, 1.82) is 0 Å². The lowest BCUT2D eigenvalue weighted by Crippen LogP contribution is -2.52. The van der Waals surface area contributed by atoms with Crippen molar-refractivity contribution in [3.05, 3.63) is 215 Å². The maximum absolute atomic E-state index is 7.19. The van der Waals surface area contributed by atoms with Crippen LogP contribution >= 0.6 is 0 Å². The summed E-state index contributed by atoms with van der Waals surface area (Å²) in [6.07, 6.45) is -2.33. The van der Waals surface area contributed by atoms with Crippen molar-refractivity contribution in [3.8, 4) is 0 Å². The van der Waals surface area contributed by atoms with Crippen LogP contribution in [0.25, 0.3) is 0 Å². The molecule has 0 saturated carbocycles. The molecule has 0 unspecified atom stereocenters. The topological polar surface area (TPSA) is 55.4 Å². The summed E-state index contributed by atoms with van der Waals surface area (Å²) >= 11 is 0. The van der Waals surface area contributed by atoms with Crippen LogP contribution < -0.4 is 0 Å². The van der Waals surface area contributed by atoms with Crippen molar-refractivity contribution < 1.29 is 28.4 Å². The van der Waals surface area contributed by atoms with E-state index in [1.54, 1.807) is 28.4 Å². The molecule has 0 amide bonds. The summed E-state index contributed by atoms with van der Waals surface area (Å²) in [5.74, 6) is 0. The quantitative estimate of drug-likeness (QED) is 0.0778. The van der Waals surface area contributed by atoms with Crippen molar-refractivity contribution >= 4 is 0 Å². The van der Waals surface area contributed by atoms with E-state index >= 15 is 0 Å². The van der Waals surface area contributed by atoms with Crippen LogP contribution in [0.2, 0.25) is 0 Å². The number of methoxy groups -OCH3 is 4. The minimum absolute atomic E-state index is 0.173. The summed E-state index contributed by atoms with van der Waals surface area (Å²) < 4.78 is 39.3. The number of ether oxygens (including phenoxy) is 6. The molecule has 0 heterocycles. The van der Waals surface area contributed by atoms with Gasteiger partial charge in [0.05, 0.1) is 13.2 Å². The van der Waals surface area contributed by atoms with Gasteiger partial charge in [-0.1, -0.05) is 182 Å². The molecule has 0 spiro atoms. The molecule has 6 aromatic rings. The summed E-state index contributed by atoms with van der Waals surface area (Å²) in [4.78, 5) is 0. The van der Waals surface area contributed by atoms with Crippen molar-refractivity contribution in [2.75, 3.05) is 41.7 Å². The minimum atomic E-state index is -0.939. The Hall–Kier alpha value is -4.92. The molecule has 6 rings (SSSR count). The Bertz CT molecular complexity index is 1590. The van der Waals surface area contributed by atoms with E-state index in [9.17, 15) is 0 Å². The van der Waals surface area contributed by atoms with Crippen LogP contribution in [-0.4, -0.2) is 66.1 Å². The zero-order valence-electron chi connectivity index (χ0n) is 31.5. The van der Waals surface area contributed by atoms with E-state index in [1.807, 2.05) is 109 Å². The summed E-state index contributed by atoms with van der Waals surface area (Å²) in [5.41, 5.74) is 4.10. The lowest BCUT2D eigenvalue weighted by molar-refractivity contribution is -0.182. The number of hydrogen-bond acceptors (Lipinski definition) is 6. The number of rotatable bonds is 19. The molecule has 6 heteroatoms. The largest absolute Gasteiger partial charge is 0.376 e. The fraction of sp³-hybridized carbons (Fsp3) is 0.250. The Morgan fingerprint density at radius 1 is 0.315 bits per heavy atom. The first-order valence-corrected chi connectivity index (χ1v) is 18.3. The van der Waals surface area contributed by atoms with E-state index in [2.05, 4.69) is 72.8 Å². The van der Waals surface area contributed by atoms with Gasteiger partial charge in [-0.25, -0.2) is 0 Å². The average Bonchev–Trinajstić information content (AvgIpc) is 3.26. The van der Waals surface area contributed by atoms with E-state index in [-0.39, 0.29) is 13.2 Å². The van der Waals surface area contributed by atoms with Crippen LogP contribution in [-0.2, 0) is 39.6 Å². The van der Waals surface area contributed by atoms with Gasteiger partial charge in [0.15, 0.2) is 0 Å². The van der Waals surface area contributed by atoms with Crippen molar-refractivity contribution in [2.45, 2.75) is 35.6 Å². The third-order valence-electron chi connectivity index (χ3n) is 10.2. The first-order chi connectivity index (χ1) is 26.6. The fourth-order valence-corrected chi connectivity index (χ4v) is 7.54. The molecule has 0 aliphatic rings. The molecule has 0 N–H and O–H groups in total. The number of benzene rings is 6. The Morgan fingerprint density at radius 2 is 0.519 bits per heavy atom. The standard InChI is InChI=1S/C48H50O6/c1-49-43(35-53-47(37-23-11-5-12-24-37,38-25-13-6-14-26-38)39-27-15-7-16-28-39)45(51-3)46(52-4)44(50-2)36-54-48(40-29-17-8-18-30-40,41-31-19-9-20-32-41)42-33-21-10-22-34-42/h5-34,43-46H,35-36H2,1-4H3/t43-,44+,45+,46-. The highest BCUT2D eigenvalue weighted by atomic mass is 16.6. The van der Waals surface area contributed by atoms with Gasteiger partial charge in [0.25, 0.3) is 0 Å². The molecule has 0 bridgehead atoms. The van der Waals surface area contributed by atoms with Crippen molar-refractivity contribution in [3.63, 3.8) is 0 Å². The van der Waals surface area contributed by atoms with E-state index in [0.717, 1.165) is 33.4 Å². The second-order valence-electron chi connectivity index (χ2n) is 13.1. The highest BCUT2D eigenvalue weighted by Gasteiger charge is 2.44. The van der Waals surface area contributed by atoms with Crippen LogP contribution in [0.3, 0.4) is 0 Å². The van der Waals surface area contributed by atoms with Crippen molar-refractivity contribution in [2.24, 2.45) is 0 Å². The molecule has 278 valence electrons. The summed E-state index contributed by atoms with van der Waals surface area (Å²) in [7, 11) is 6.67. The van der Waals surface area contributed by atoms with Gasteiger partial charge in [0, 0.05) is 28.4 Å². The molecular formula is C48H50O6. The normalized spacial score (nSPS) is 14.2. The Balaban J connectivity index is 1.34. The molecule has 54 heavy (non-hydrogen) atoms. The minimum Gasteiger partial charge on any atom is -0.376 e. The average molecular weight is 723 g/mol. The molecule has 4 atom stereocenters. The van der Waals surface area contributed by atoms with Gasteiger partial charge in [0.2, 0.25) is 0 Å². The van der Waals surface area contributed by atoms with Crippen LogP contribution in [0.5, 0.6) is 0 Å². The monoisotopic (exact) mass is 722 g/mol. The molecular weight excluding hydrogens is 673 g/mol. The Labute approximate surface area is 320 Å². The Kier molecular flexibility index (Phi) is 13.6. The molecule has 6 aromatic carbocycles.